The number of hydrogen-bond acceptors (Lipinski definition) is 8. The highest BCUT2D eigenvalue weighted by Crippen LogP contribution is 2.41. The monoisotopic (exact) mass is 851 g/mol. The molecule has 330 valence electrons. The van der Waals surface area contributed by atoms with Gasteiger partial charge in [0.2, 0.25) is 0 Å². The molecule has 0 fully saturated rings. The van der Waals surface area contributed by atoms with Crippen LogP contribution in [-0.4, -0.2) is 39.9 Å². The number of nitrogens with zero attached hydrogens (tertiary/aromatic N) is 8. The van der Waals surface area contributed by atoms with Crippen LogP contribution in [0.25, 0.3) is 68.1 Å². The third-order valence-corrected chi connectivity index (χ3v) is 15.2. The highest BCUT2D eigenvalue weighted by Gasteiger charge is 2.27. The van der Waals surface area contributed by atoms with Crippen molar-refractivity contribution < 1.29 is 0 Å². The van der Waals surface area contributed by atoms with Crippen LogP contribution < -0.4 is 0 Å². The summed E-state index contributed by atoms with van der Waals surface area (Å²) in [6.45, 7) is 47.3. The summed E-state index contributed by atoms with van der Waals surface area (Å²) in [4.78, 5) is 42.7. The van der Waals surface area contributed by atoms with Gasteiger partial charge in [-0.2, -0.15) is 0 Å². The smallest absolute Gasteiger partial charge is 0.181 e. The predicted molar refractivity (Wildman–Crippen MR) is 266 cm³/mol. The minimum absolute atomic E-state index is 0.457. The van der Waals surface area contributed by atoms with Crippen LogP contribution in [0.1, 0.15) is 123 Å². The van der Waals surface area contributed by atoms with Gasteiger partial charge < -0.3 is 0 Å². The van der Waals surface area contributed by atoms with Crippen molar-refractivity contribution in [2.45, 2.75) is 152 Å². The van der Waals surface area contributed by atoms with E-state index in [-0.39, 0.29) is 0 Å². The Bertz CT molecular complexity index is 2930. The molecule has 0 saturated heterocycles. The normalized spacial score (nSPS) is 11.6. The lowest BCUT2D eigenvalue weighted by molar-refractivity contribution is 1.00. The average Bonchev–Trinajstić information content (AvgIpc) is 3.25. The molecule has 3 aromatic carbocycles. The summed E-state index contributed by atoms with van der Waals surface area (Å²) < 4.78 is 0. The molecule has 0 spiro atoms. The molecular formula is C56H66N8. The Morgan fingerprint density at radius 3 is 0.609 bits per heavy atom. The van der Waals surface area contributed by atoms with E-state index in [0.717, 1.165) is 73.5 Å². The maximum Gasteiger partial charge on any atom is 0.181 e. The Kier molecular flexibility index (Phi) is 11.9. The first-order chi connectivity index (χ1) is 29.9. The molecule has 4 aromatic heterocycles. The zero-order chi connectivity index (χ0) is 47.3. The van der Waals surface area contributed by atoms with Gasteiger partial charge in [0, 0.05) is 22.3 Å². The van der Waals surface area contributed by atoms with Crippen LogP contribution in [0.4, 0.5) is 0 Å². The third-order valence-electron chi connectivity index (χ3n) is 15.2. The molecule has 0 aliphatic carbocycles. The standard InChI is InChI=1S/C56H66N8/c1-23-26(4)32(10)45(33(11)27(23)5)50-39(17)60-53(42(20)57-50)48-38(16)49(54-43(21)58-51(40(18)61-54)46-34(12)28(6)24(2)29(7)35(46)13)64-56(63-48)55-44(22)59-52(41(19)62-55)47-36(14)30(8)25(3)31(9)37(47)15/h1-22H3. The maximum absolute atomic E-state index is 5.36. The van der Waals surface area contributed by atoms with E-state index in [4.69, 9.17) is 39.9 Å². The van der Waals surface area contributed by atoms with E-state index in [1.54, 1.807) is 0 Å². The molecule has 64 heavy (non-hydrogen) atoms. The molecule has 8 nitrogen and oxygen atoms in total. The van der Waals surface area contributed by atoms with Crippen molar-refractivity contribution in [3.63, 3.8) is 0 Å². The van der Waals surface area contributed by atoms with Crippen LogP contribution in [-0.2, 0) is 0 Å². The quantitative estimate of drug-likeness (QED) is 0.163. The highest BCUT2D eigenvalue weighted by atomic mass is 15.0. The summed E-state index contributed by atoms with van der Waals surface area (Å²) in [5.41, 5.74) is 34.2. The summed E-state index contributed by atoms with van der Waals surface area (Å²) in [7, 11) is 0. The van der Waals surface area contributed by atoms with E-state index in [1.807, 2.05) is 27.7 Å². The lowest BCUT2D eigenvalue weighted by atomic mass is 9.87. The molecule has 0 aliphatic heterocycles. The fourth-order valence-electron chi connectivity index (χ4n) is 9.83. The van der Waals surface area contributed by atoms with Crippen LogP contribution in [0.3, 0.4) is 0 Å². The van der Waals surface area contributed by atoms with Gasteiger partial charge in [0.05, 0.1) is 62.6 Å². The molecule has 0 atom stereocenters. The predicted octanol–water partition coefficient (Wildman–Crippen LogP) is 13.6. The van der Waals surface area contributed by atoms with Crippen LogP contribution in [0.5, 0.6) is 0 Å². The van der Waals surface area contributed by atoms with Gasteiger partial charge in [-0.15, -0.1) is 0 Å². The first-order valence-corrected chi connectivity index (χ1v) is 22.6. The fourth-order valence-corrected chi connectivity index (χ4v) is 9.83. The van der Waals surface area contributed by atoms with Crippen molar-refractivity contribution in [2.24, 2.45) is 0 Å². The van der Waals surface area contributed by atoms with E-state index in [0.29, 0.717) is 34.3 Å². The lowest BCUT2D eigenvalue weighted by Crippen LogP contribution is -2.11. The van der Waals surface area contributed by atoms with Crippen molar-refractivity contribution in [3.8, 4) is 68.1 Å². The number of benzene rings is 3. The van der Waals surface area contributed by atoms with Crippen LogP contribution in [0.2, 0.25) is 0 Å². The van der Waals surface area contributed by atoms with Crippen LogP contribution in [0.15, 0.2) is 0 Å². The molecule has 0 N–H and O–H groups in total. The zero-order valence-electron chi connectivity index (χ0n) is 42.6. The summed E-state index contributed by atoms with van der Waals surface area (Å²) in [6.07, 6.45) is 0. The van der Waals surface area contributed by atoms with E-state index in [2.05, 4.69) is 125 Å². The third kappa shape index (κ3) is 7.14. The molecule has 0 saturated carbocycles. The first-order valence-electron chi connectivity index (χ1n) is 22.6. The maximum atomic E-state index is 5.36. The minimum Gasteiger partial charge on any atom is -0.249 e. The number of aromatic nitrogens is 8. The van der Waals surface area contributed by atoms with Gasteiger partial charge in [-0.05, 0) is 236 Å². The molecular weight excluding hydrogens is 785 g/mol. The van der Waals surface area contributed by atoms with E-state index in [1.165, 1.54) is 83.5 Å². The molecule has 0 bridgehead atoms. The number of hydrogen-bond donors (Lipinski definition) is 0. The Morgan fingerprint density at radius 1 is 0.156 bits per heavy atom. The van der Waals surface area contributed by atoms with Crippen molar-refractivity contribution in [1.82, 2.24) is 39.9 Å². The molecule has 4 heterocycles. The van der Waals surface area contributed by atoms with E-state index < -0.39 is 0 Å². The molecule has 0 radical (unpaired) electrons. The molecule has 7 rings (SSSR count). The van der Waals surface area contributed by atoms with Gasteiger partial charge in [0.25, 0.3) is 0 Å². The highest BCUT2D eigenvalue weighted by molar-refractivity contribution is 5.81. The summed E-state index contributed by atoms with van der Waals surface area (Å²) >= 11 is 0. The van der Waals surface area contributed by atoms with Crippen molar-refractivity contribution in [2.75, 3.05) is 0 Å². The van der Waals surface area contributed by atoms with Crippen molar-refractivity contribution in [3.05, 3.63) is 123 Å². The van der Waals surface area contributed by atoms with Crippen molar-refractivity contribution >= 4 is 0 Å². The second kappa shape index (κ2) is 16.5. The van der Waals surface area contributed by atoms with Gasteiger partial charge in [-0.25, -0.2) is 39.9 Å². The van der Waals surface area contributed by atoms with E-state index in [9.17, 15) is 0 Å². The largest absolute Gasteiger partial charge is 0.249 e. The van der Waals surface area contributed by atoms with Gasteiger partial charge in [0.15, 0.2) is 5.82 Å². The van der Waals surface area contributed by atoms with E-state index >= 15 is 0 Å². The Morgan fingerprint density at radius 2 is 0.344 bits per heavy atom. The fraction of sp³-hybridized carbons (Fsp3) is 0.393. The van der Waals surface area contributed by atoms with Gasteiger partial charge in [-0.1, -0.05) is 0 Å². The van der Waals surface area contributed by atoms with Gasteiger partial charge in [0.1, 0.15) is 17.1 Å². The van der Waals surface area contributed by atoms with Gasteiger partial charge >= 0.3 is 0 Å². The summed E-state index contributed by atoms with van der Waals surface area (Å²) in [5, 5.41) is 0. The summed E-state index contributed by atoms with van der Waals surface area (Å²) in [6, 6.07) is 0. The topological polar surface area (TPSA) is 103 Å². The summed E-state index contributed by atoms with van der Waals surface area (Å²) in [5.74, 6) is 0.457. The van der Waals surface area contributed by atoms with Crippen molar-refractivity contribution in [1.29, 1.82) is 0 Å². The molecule has 8 heteroatoms. The number of aryl methyl sites for hydroxylation is 6. The lowest BCUT2D eigenvalue weighted by Gasteiger charge is -2.22. The second-order valence-electron chi connectivity index (χ2n) is 18.6. The average molecular weight is 851 g/mol. The SMILES string of the molecule is Cc1nc(-c2c(C)c(C)c(C)c(C)c2C)c(C)nc1-c1nc(-c2nc(C)c(-c3c(C)c(C)c(C)c(C)c3C)nc2C)c(C)c(-c2nc(C)c(-c3c(C)c(C)c(C)c(C)c3C)nc2C)n1. The zero-order valence-corrected chi connectivity index (χ0v) is 42.6. The van der Waals surface area contributed by atoms with Crippen LogP contribution in [0, 0.1) is 152 Å². The Hall–Kier alpha value is -6.02. The molecule has 7 aromatic rings. The first kappa shape index (κ1) is 46.0. The van der Waals surface area contributed by atoms with Gasteiger partial charge in [-0.3, -0.25) is 0 Å². The second-order valence-corrected chi connectivity index (χ2v) is 18.6. The van der Waals surface area contributed by atoms with Crippen LogP contribution >= 0.6 is 0 Å². The molecule has 0 amide bonds. The Balaban J connectivity index is 1.51. The number of rotatable bonds is 6. The Labute approximate surface area is 382 Å². The molecule has 0 aliphatic rings. The molecule has 0 unspecified atom stereocenters. The minimum atomic E-state index is 0.457.